The number of ether oxygens (including phenoxy) is 2. The van der Waals surface area contributed by atoms with Crippen LogP contribution < -0.4 is 20.1 Å². The van der Waals surface area contributed by atoms with Crippen LogP contribution in [0.2, 0.25) is 0 Å². The molecule has 0 radical (unpaired) electrons. The second-order valence-corrected chi connectivity index (χ2v) is 8.18. The molecule has 4 rings (SSSR count). The van der Waals surface area contributed by atoms with Crippen molar-refractivity contribution in [1.82, 2.24) is 10.2 Å². The van der Waals surface area contributed by atoms with Crippen molar-refractivity contribution in [2.45, 2.75) is 19.4 Å². The van der Waals surface area contributed by atoms with Gasteiger partial charge < -0.3 is 30.1 Å². The number of aromatic hydroxyl groups is 1. The Bertz CT molecular complexity index is 1150. The van der Waals surface area contributed by atoms with E-state index in [1.165, 1.54) is 11.0 Å². The van der Waals surface area contributed by atoms with Gasteiger partial charge in [0.05, 0.1) is 17.3 Å². The molecule has 168 valence electrons. The number of rotatable bonds is 5. The van der Waals surface area contributed by atoms with Crippen molar-refractivity contribution in [1.29, 1.82) is 0 Å². The normalized spacial score (nSPS) is 17.4. The Kier molecular flexibility index (Phi) is 5.99. The maximum Gasteiger partial charge on any atom is 0.269 e. The molecule has 2 aromatic carbocycles. The molecular weight excluding hydrogens is 434 g/mol. The number of phenolic OH excluding ortho intramolecular Hbond substituents is 1. The number of nitrogens with one attached hydrogen (secondary N) is 2. The quantitative estimate of drug-likeness (QED) is 0.589. The Morgan fingerprint density at radius 1 is 1.19 bits per heavy atom. The van der Waals surface area contributed by atoms with Crippen molar-refractivity contribution in [3.05, 3.63) is 47.5 Å². The molecule has 10 nitrogen and oxygen atoms in total. The van der Waals surface area contributed by atoms with Crippen LogP contribution >= 0.6 is 0 Å². The molecule has 2 aliphatic heterocycles. The fourth-order valence-corrected chi connectivity index (χ4v) is 3.97. The molecular formula is C21H23N5O5S. The van der Waals surface area contributed by atoms with Crippen LogP contribution in [0.4, 0.5) is 5.69 Å². The largest absolute Gasteiger partial charge is 0.505 e. The molecule has 0 spiro atoms. The van der Waals surface area contributed by atoms with E-state index in [0.717, 1.165) is 5.56 Å². The summed E-state index contributed by atoms with van der Waals surface area (Å²) in [5, 5.41) is 16.8. The number of carbonyl (C=O) groups is 1. The number of nitrogens with zero attached hydrogens (tertiary/aromatic N) is 3. The van der Waals surface area contributed by atoms with Crippen LogP contribution in [0.5, 0.6) is 17.2 Å². The van der Waals surface area contributed by atoms with Gasteiger partial charge in [0.1, 0.15) is 0 Å². The molecule has 2 heterocycles. The van der Waals surface area contributed by atoms with Crippen LogP contribution in [0.15, 0.2) is 45.2 Å². The lowest BCUT2D eigenvalue weighted by atomic mass is 10.0. The van der Waals surface area contributed by atoms with Crippen LogP contribution in [0, 0.1) is 0 Å². The number of fused-ring (bicyclic) bond motifs is 1. The van der Waals surface area contributed by atoms with Crippen molar-refractivity contribution >= 4 is 34.4 Å². The predicted molar refractivity (Wildman–Crippen MR) is 121 cm³/mol. The van der Waals surface area contributed by atoms with Gasteiger partial charge in [-0.1, -0.05) is 19.1 Å². The third kappa shape index (κ3) is 4.24. The zero-order chi connectivity index (χ0) is 22.8. The zero-order valence-corrected chi connectivity index (χ0v) is 18.6. The molecule has 11 heteroatoms. The Hall–Kier alpha value is -3.60. The topological polar surface area (TPSA) is 125 Å². The van der Waals surface area contributed by atoms with Gasteiger partial charge in [0.15, 0.2) is 28.9 Å². The maximum atomic E-state index is 12.3. The van der Waals surface area contributed by atoms with Gasteiger partial charge >= 0.3 is 0 Å². The van der Waals surface area contributed by atoms with Gasteiger partial charge in [0.25, 0.3) is 17.1 Å². The predicted octanol–water partition coefficient (Wildman–Crippen LogP) is 2.36. The summed E-state index contributed by atoms with van der Waals surface area (Å²) in [6, 6.07) is 10.2. The minimum absolute atomic E-state index is 0.137. The first-order valence-electron chi connectivity index (χ1n) is 9.94. The molecule has 2 atom stereocenters. The SMILES string of the molecule is CC[C@@H](NC1=NS(=O)N=C1Nc1cccc(C(=O)N(C)C)c1O)c1ccc2c(c1)OCO2. The average Bonchev–Trinajstić information content (AvgIpc) is 3.38. The highest BCUT2D eigenvalue weighted by Crippen LogP contribution is 2.35. The van der Waals surface area contributed by atoms with Gasteiger partial charge in [-0.25, -0.2) is 4.21 Å². The highest BCUT2D eigenvalue weighted by Gasteiger charge is 2.25. The van der Waals surface area contributed by atoms with E-state index in [4.69, 9.17) is 9.47 Å². The van der Waals surface area contributed by atoms with Crippen LogP contribution in [0.25, 0.3) is 0 Å². The number of anilines is 1. The highest BCUT2D eigenvalue weighted by molar-refractivity contribution is 7.83. The number of hydrogen-bond donors (Lipinski definition) is 3. The standard InChI is InChI=1S/C21H23N5O5S/c1-4-14(12-8-9-16-17(10-12)31-11-30-16)22-19-20(25-32(29)24-19)23-15-7-5-6-13(18(15)27)21(28)26(2)3/h5-10,14,27H,4,11H2,1-3H3,(H,22,24)(H,23,25)/t14-,32?/m1/s1. The van der Waals surface area contributed by atoms with Crippen LogP contribution in [-0.2, 0) is 11.2 Å². The highest BCUT2D eigenvalue weighted by atomic mass is 32.2. The van der Waals surface area contributed by atoms with Crippen molar-refractivity contribution < 1.29 is 23.6 Å². The van der Waals surface area contributed by atoms with E-state index in [2.05, 4.69) is 19.4 Å². The summed E-state index contributed by atoms with van der Waals surface area (Å²) in [6.45, 7) is 2.19. The van der Waals surface area contributed by atoms with Gasteiger partial charge in [-0.2, -0.15) is 0 Å². The number of phenols is 1. The molecule has 2 aliphatic rings. The van der Waals surface area contributed by atoms with E-state index >= 15 is 0 Å². The van der Waals surface area contributed by atoms with Gasteiger partial charge in [-0.15, -0.1) is 8.80 Å². The smallest absolute Gasteiger partial charge is 0.269 e. The molecule has 0 saturated heterocycles. The lowest BCUT2D eigenvalue weighted by Gasteiger charge is -2.20. The Morgan fingerprint density at radius 2 is 1.94 bits per heavy atom. The summed E-state index contributed by atoms with van der Waals surface area (Å²) in [5.41, 5.74) is 1.33. The monoisotopic (exact) mass is 457 g/mol. The van der Waals surface area contributed by atoms with Crippen LogP contribution in [-0.4, -0.2) is 52.7 Å². The van der Waals surface area contributed by atoms with E-state index in [-0.39, 0.29) is 47.4 Å². The molecule has 2 aromatic rings. The molecule has 0 bridgehead atoms. The first-order valence-corrected chi connectivity index (χ1v) is 11.0. The number of benzene rings is 2. The van der Waals surface area contributed by atoms with Crippen LogP contribution in [0.1, 0.15) is 35.3 Å². The molecule has 3 N–H and O–H groups in total. The molecule has 1 amide bonds. The number of hydrogen-bond acceptors (Lipinski definition) is 7. The fourth-order valence-electron chi connectivity index (χ4n) is 3.34. The van der Waals surface area contributed by atoms with Crippen molar-refractivity contribution in [3.63, 3.8) is 0 Å². The van der Waals surface area contributed by atoms with Gasteiger partial charge in [-0.05, 0) is 36.2 Å². The Balaban J connectivity index is 1.55. The molecule has 32 heavy (non-hydrogen) atoms. The summed E-state index contributed by atoms with van der Waals surface area (Å²) in [5.74, 6) is 1.27. The summed E-state index contributed by atoms with van der Waals surface area (Å²) in [4.78, 5) is 13.7. The minimum atomic E-state index is -1.81. The van der Waals surface area contributed by atoms with Crippen molar-refractivity contribution in [2.75, 3.05) is 26.2 Å². The lowest BCUT2D eigenvalue weighted by Crippen LogP contribution is -2.36. The maximum absolute atomic E-state index is 12.3. The third-order valence-electron chi connectivity index (χ3n) is 5.01. The minimum Gasteiger partial charge on any atom is -0.505 e. The fraction of sp³-hybridized carbons (Fsp3) is 0.286. The average molecular weight is 458 g/mol. The third-order valence-corrected chi connectivity index (χ3v) is 5.68. The lowest BCUT2D eigenvalue weighted by molar-refractivity contribution is 0.0824. The molecule has 1 unspecified atom stereocenters. The molecule has 0 aromatic heterocycles. The second kappa shape index (κ2) is 8.87. The zero-order valence-electron chi connectivity index (χ0n) is 17.8. The van der Waals surface area contributed by atoms with E-state index in [1.807, 2.05) is 25.1 Å². The van der Waals surface area contributed by atoms with Crippen LogP contribution in [0.3, 0.4) is 0 Å². The Labute approximate surface area is 187 Å². The van der Waals surface area contributed by atoms with E-state index in [9.17, 15) is 14.1 Å². The van der Waals surface area contributed by atoms with E-state index in [0.29, 0.717) is 17.9 Å². The van der Waals surface area contributed by atoms with Crippen molar-refractivity contribution in [3.8, 4) is 17.2 Å². The molecule has 0 aliphatic carbocycles. The van der Waals surface area contributed by atoms with E-state index in [1.54, 1.807) is 26.2 Å². The number of amides is 1. The number of para-hydroxylation sites is 1. The summed E-state index contributed by atoms with van der Waals surface area (Å²) in [7, 11) is 3.20. The summed E-state index contributed by atoms with van der Waals surface area (Å²) >= 11 is -1.81. The summed E-state index contributed by atoms with van der Waals surface area (Å²) in [6.07, 6.45) is 0.705. The summed E-state index contributed by atoms with van der Waals surface area (Å²) < 4.78 is 31.0. The van der Waals surface area contributed by atoms with Crippen molar-refractivity contribution in [2.24, 2.45) is 8.80 Å². The van der Waals surface area contributed by atoms with E-state index < -0.39 is 11.2 Å². The Morgan fingerprint density at radius 3 is 2.69 bits per heavy atom. The number of amidine groups is 2. The second-order valence-electron chi connectivity index (χ2n) is 7.35. The van der Waals surface area contributed by atoms with Gasteiger partial charge in [0.2, 0.25) is 6.79 Å². The number of carbonyl (C=O) groups excluding carboxylic acids is 1. The van der Waals surface area contributed by atoms with Gasteiger partial charge in [0, 0.05) is 14.1 Å². The first kappa shape index (κ1) is 21.6. The molecule has 0 saturated carbocycles. The van der Waals surface area contributed by atoms with Gasteiger partial charge in [-0.3, -0.25) is 4.79 Å². The molecule has 0 fully saturated rings. The first-order chi connectivity index (χ1) is 15.4.